The number of halogens is 1. The third kappa shape index (κ3) is 5.93. The van der Waals surface area contributed by atoms with Gasteiger partial charge in [0.2, 0.25) is 0 Å². The summed E-state index contributed by atoms with van der Waals surface area (Å²) in [6, 6.07) is 7.98. The lowest BCUT2D eigenvalue weighted by molar-refractivity contribution is 0.0326. The molecule has 1 heterocycles. The molecule has 1 aliphatic rings. The van der Waals surface area contributed by atoms with Crippen LogP contribution < -0.4 is 0 Å². The van der Waals surface area contributed by atoms with Crippen molar-refractivity contribution in [2.24, 2.45) is 0 Å². The Morgan fingerprint density at radius 3 is 2.62 bits per heavy atom. The van der Waals surface area contributed by atoms with Crippen molar-refractivity contribution < 1.29 is 9.84 Å². The van der Waals surface area contributed by atoms with Crippen molar-refractivity contribution in [3.8, 4) is 0 Å². The predicted octanol–water partition coefficient (Wildman–Crippen LogP) is 1.51. The molecule has 5 heteroatoms. The molecule has 0 aromatic heterocycles. The number of aliphatic hydroxyl groups is 1. The highest BCUT2D eigenvalue weighted by atomic mass is 35.5. The number of rotatable bonds is 8. The van der Waals surface area contributed by atoms with Gasteiger partial charge in [0.15, 0.2) is 0 Å². The van der Waals surface area contributed by atoms with E-state index in [-0.39, 0.29) is 6.61 Å². The molecule has 1 N–H and O–H groups in total. The molecule has 0 saturated carbocycles. The lowest BCUT2D eigenvalue weighted by Crippen LogP contribution is -2.42. The second kappa shape index (κ2) is 9.38. The van der Waals surface area contributed by atoms with Gasteiger partial charge in [0.1, 0.15) is 0 Å². The van der Waals surface area contributed by atoms with Crippen molar-refractivity contribution in [2.45, 2.75) is 6.42 Å². The van der Waals surface area contributed by atoms with Crippen LogP contribution in [0.2, 0.25) is 5.02 Å². The summed E-state index contributed by atoms with van der Waals surface area (Å²) in [6.45, 7) is 7.54. The Bertz CT molecular complexity index is 411. The zero-order chi connectivity index (χ0) is 14.9. The van der Waals surface area contributed by atoms with Crippen LogP contribution in [0.25, 0.3) is 0 Å². The first-order valence-electron chi connectivity index (χ1n) is 7.66. The van der Waals surface area contributed by atoms with Gasteiger partial charge >= 0.3 is 0 Å². The first-order chi connectivity index (χ1) is 10.3. The summed E-state index contributed by atoms with van der Waals surface area (Å²) in [5.41, 5.74) is 1.17. The Morgan fingerprint density at radius 2 is 1.90 bits per heavy atom. The number of morpholine rings is 1. The molecule has 4 nitrogen and oxygen atoms in total. The highest BCUT2D eigenvalue weighted by Gasteiger charge is 2.12. The first kappa shape index (κ1) is 16.7. The van der Waals surface area contributed by atoms with Crippen LogP contribution >= 0.6 is 11.6 Å². The van der Waals surface area contributed by atoms with E-state index < -0.39 is 0 Å². The molecule has 1 saturated heterocycles. The zero-order valence-electron chi connectivity index (χ0n) is 12.5. The third-order valence-electron chi connectivity index (χ3n) is 3.91. The van der Waals surface area contributed by atoms with Crippen LogP contribution in [-0.2, 0) is 11.2 Å². The summed E-state index contributed by atoms with van der Waals surface area (Å²) >= 11 is 6.19. The summed E-state index contributed by atoms with van der Waals surface area (Å²) in [5, 5.41) is 10.1. The van der Waals surface area contributed by atoms with Gasteiger partial charge in [-0.3, -0.25) is 9.80 Å². The van der Waals surface area contributed by atoms with Crippen molar-refractivity contribution in [3.63, 3.8) is 0 Å². The van der Waals surface area contributed by atoms with Gasteiger partial charge < -0.3 is 9.84 Å². The minimum absolute atomic E-state index is 0.200. The molecule has 0 radical (unpaired) electrons. The van der Waals surface area contributed by atoms with Crippen LogP contribution in [0.3, 0.4) is 0 Å². The van der Waals surface area contributed by atoms with E-state index in [1.165, 1.54) is 5.56 Å². The largest absolute Gasteiger partial charge is 0.395 e. The van der Waals surface area contributed by atoms with Gasteiger partial charge in [-0.1, -0.05) is 29.8 Å². The molecule has 1 fully saturated rings. The van der Waals surface area contributed by atoms with E-state index in [0.717, 1.165) is 63.9 Å². The second-order valence-corrected chi connectivity index (χ2v) is 5.77. The average molecular weight is 313 g/mol. The molecule has 0 atom stereocenters. The SMILES string of the molecule is OCCN(CCc1ccccc1Cl)CCN1CCOCC1. The van der Waals surface area contributed by atoms with Gasteiger partial charge in [-0.2, -0.15) is 0 Å². The van der Waals surface area contributed by atoms with E-state index in [2.05, 4.69) is 15.9 Å². The minimum Gasteiger partial charge on any atom is -0.395 e. The van der Waals surface area contributed by atoms with Crippen LogP contribution in [0.5, 0.6) is 0 Å². The number of aliphatic hydroxyl groups excluding tert-OH is 1. The van der Waals surface area contributed by atoms with Crippen LogP contribution in [0, 0.1) is 0 Å². The Kier molecular flexibility index (Phi) is 7.47. The first-order valence-corrected chi connectivity index (χ1v) is 8.04. The maximum absolute atomic E-state index is 9.22. The Hall–Kier alpha value is -0.650. The Balaban J connectivity index is 1.77. The van der Waals surface area contributed by atoms with Crippen LogP contribution in [-0.4, -0.2) is 74.0 Å². The van der Waals surface area contributed by atoms with Crippen molar-refractivity contribution in [2.75, 3.05) is 59.1 Å². The molecule has 1 aromatic carbocycles. The molecule has 1 aliphatic heterocycles. The van der Waals surface area contributed by atoms with E-state index in [4.69, 9.17) is 16.3 Å². The Morgan fingerprint density at radius 1 is 1.14 bits per heavy atom. The molecule has 0 aliphatic carbocycles. The van der Waals surface area contributed by atoms with Crippen molar-refractivity contribution >= 4 is 11.6 Å². The van der Waals surface area contributed by atoms with Crippen molar-refractivity contribution in [1.82, 2.24) is 9.80 Å². The molecular weight excluding hydrogens is 288 g/mol. The van der Waals surface area contributed by atoms with Gasteiger partial charge in [0.25, 0.3) is 0 Å². The molecule has 0 bridgehead atoms. The summed E-state index contributed by atoms with van der Waals surface area (Å²) < 4.78 is 5.36. The molecule has 1 aromatic rings. The van der Waals surface area contributed by atoms with Crippen LogP contribution in [0.1, 0.15) is 5.56 Å². The standard InChI is InChI=1S/C16H25ClN2O2/c17-16-4-2-1-3-15(16)5-6-18(9-12-20)7-8-19-10-13-21-14-11-19/h1-4,20H,5-14H2. The highest BCUT2D eigenvalue weighted by molar-refractivity contribution is 6.31. The van der Waals surface area contributed by atoms with Gasteiger partial charge in [-0.15, -0.1) is 0 Å². The number of hydrogen-bond acceptors (Lipinski definition) is 4. The minimum atomic E-state index is 0.200. The third-order valence-corrected chi connectivity index (χ3v) is 4.28. The fourth-order valence-corrected chi connectivity index (χ4v) is 2.79. The van der Waals surface area contributed by atoms with Gasteiger partial charge in [0, 0.05) is 44.3 Å². The summed E-state index contributed by atoms with van der Waals surface area (Å²) in [4.78, 5) is 4.72. The number of ether oxygens (including phenoxy) is 1. The molecule has 21 heavy (non-hydrogen) atoms. The van der Waals surface area contributed by atoms with Crippen molar-refractivity contribution in [3.05, 3.63) is 34.9 Å². The van der Waals surface area contributed by atoms with E-state index in [0.29, 0.717) is 0 Å². The van der Waals surface area contributed by atoms with Crippen LogP contribution in [0.4, 0.5) is 0 Å². The van der Waals surface area contributed by atoms with E-state index in [1.54, 1.807) is 0 Å². The van der Waals surface area contributed by atoms with E-state index in [1.807, 2.05) is 18.2 Å². The summed E-state index contributed by atoms with van der Waals surface area (Å²) in [5.74, 6) is 0. The average Bonchev–Trinajstić information content (AvgIpc) is 2.52. The summed E-state index contributed by atoms with van der Waals surface area (Å²) in [7, 11) is 0. The normalized spacial score (nSPS) is 16.5. The summed E-state index contributed by atoms with van der Waals surface area (Å²) in [6.07, 6.45) is 0.919. The van der Waals surface area contributed by atoms with Gasteiger partial charge in [-0.05, 0) is 18.1 Å². The smallest absolute Gasteiger partial charge is 0.0594 e. The molecule has 118 valence electrons. The fourth-order valence-electron chi connectivity index (χ4n) is 2.56. The van der Waals surface area contributed by atoms with Gasteiger partial charge in [0.05, 0.1) is 19.8 Å². The zero-order valence-corrected chi connectivity index (χ0v) is 13.3. The van der Waals surface area contributed by atoms with E-state index >= 15 is 0 Å². The fraction of sp³-hybridized carbons (Fsp3) is 0.625. The number of hydrogen-bond donors (Lipinski definition) is 1. The molecule has 2 rings (SSSR count). The lowest BCUT2D eigenvalue weighted by atomic mass is 10.1. The van der Waals surface area contributed by atoms with Gasteiger partial charge in [-0.25, -0.2) is 0 Å². The maximum atomic E-state index is 9.22. The Labute approximate surface area is 132 Å². The maximum Gasteiger partial charge on any atom is 0.0594 e. The number of benzene rings is 1. The molecule has 0 amide bonds. The molecule has 0 unspecified atom stereocenters. The quantitative estimate of drug-likeness (QED) is 0.789. The van der Waals surface area contributed by atoms with Crippen LogP contribution in [0.15, 0.2) is 24.3 Å². The highest BCUT2D eigenvalue weighted by Crippen LogP contribution is 2.15. The predicted molar refractivity (Wildman–Crippen MR) is 85.9 cm³/mol. The molecule has 0 spiro atoms. The molecular formula is C16H25ClN2O2. The topological polar surface area (TPSA) is 35.9 Å². The van der Waals surface area contributed by atoms with E-state index in [9.17, 15) is 5.11 Å². The number of nitrogens with zero attached hydrogens (tertiary/aromatic N) is 2. The van der Waals surface area contributed by atoms with Crippen molar-refractivity contribution in [1.29, 1.82) is 0 Å². The monoisotopic (exact) mass is 312 g/mol. The lowest BCUT2D eigenvalue weighted by Gasteiger charge is -2.29. The second-order valence-electron chi connectivity index (χ2n) is 5.36.